The molecule has 0 aliphatic carbocycles. The quantitative estimate of drug-likeness (QED) is 0.538. The summed E-state index contributed by atoms with van der Waals surface area (Å²) in [6.45, 7) is 6.21. The molecule has 0 unspecified atom stereocenters. The lowest BCUT2D eigenvalue weighted by atomic mass is 9.82. The standard InChI is InChI=1S/C28H37N3O6/c1-6-29-13-15-30(16-14-29)28(33)22-11-12-25(32)31(26(22)19-7-9-21(34-2)10-8-19)20-17-23(35-3)27(37-5)24(18-20)36-4/h7-10,17-18,22,26H,6,11-16H2,1-5H3/t22-,26-/m1/s1. The van der Waals surface area contributed by atoms with Crippen LogP contribution in [0, 0.1) is 5.92 Å². The van der Waals surface area contributed by atoms with Gasteiger partial charge in [0.25, 0.3) is 0 Å². The average molecular weight is 512 g/mol. The summed E-state index contributed by atoms with van der Waals surface area (Å²) in [5, 5.41) is 0. The third kappa shape index (κ3) is 5.32. The monoisotopic (exact) mass is 511 g/mol. The first-order chi connectivity index (χ1) is 17.9. The third-order valence-corrected chi connectivity index (χ3v) is 7.43. The minimum atomic E-state index is -0.494. The highest BCUT2D eigenvalue weighted by molar-refractivity contribution is 5.98. The Morgan fingerprint density at radius 1 is 0.892 bits per heavy atom. The number of anilines is 1. The number of amides is 2. The number of carbonyl (C=O) groups excluding carboxylic acids is 2. The summed E-state index contributed by atoms with van der Waals surface area (Å²) in [6, 6.07) is 10.6. The summed E-state index contributed by atoms with van der Waals surface area (Å²) in [5.41, 5.74) is 1.46. The van der Waals surface area contributed by atoms with Gasteiger partial charge < -0.3 is 33.6 Å². The molecule has 9 nitrogen and oxygen atoms in total. The molecule has 2 saturated heterocycles. The molecule has 0 bridgehead atoms. The molecule has 0 radical (unpaired) electrons. The van der Waals surface area contributed by atoms with E-state index in [0.717, 1.165) is 25.2 Å². The Balaban J connectivity index is 1.78. The first-order valence-electron chi connectivity index (χ1n) is 12.7. The molecule has 0 spiro atoms. The van der Waals surface area contributed by atoms with Gasteiger partial charge in [0, 0.05) is 44.7 Å². The molecule has 2 aliphatic heterocycles. The fourth-order valence-electron chi connectivity index (χ4n) is 5.36. The Hall–Kier alpha value is -3.46. The topological polar surface area (TPSA) is 80.8 Å². The number of piperidine rings is 1. The number of likely N-dealkylation sites (N-methyl/N-ethyl adjacent to an activating group) is 1. The highest BCUT2D eigenvalue weighted by Gasteiger charge is 2.43. The van der Waals surface area contributed by atoms with Crippen LogP contribution in [0.4, 0.5) is 5.69 Å². The molecule has 2 aromatic rings. The van der Waals surface area contributed by atoms with Crippen molar-refractivity contribution in [3.05, 3.63) is 42.0 Å². The Morgan fingerprint density at radius 3 is 2.03 bits per heavy atom. The molecular formula is C28H37N3O6. The Morgan fingerprint density at radius 2 is 1.51 bits per heavy atom. The fourth-order valence-corrected chi connectivity index (χ4v) is 5.36. The van der Waals surface area contributed by atoms with E-state index < -0.39 is 12.0 Å². The predicted molar refractivity (Wildman–Crippen MR) is 141 cm³/mol. The van der Waals surface area contributed by atoms with Crippen LogP contribution >= 0.6 is 0 Å². The lowest BCUT2D eigenvalue weighted by molar-refractivity contribution is -0.140. The summed E-state index contributed by atoms with van der Waals surface area (Å²) >= 11 is 0. The normalized spacial score (nSPS) is 20.5. The second-order valence-corrected chi connectivity index (χ2v) is 9.27. The smallest absolute Gasteiger partial charge is 0.228 e. The van der Waals surface area contributed by atoms with Gasteiger partial charge in [-0.3, -0.25) is 9.59 Å². The number of hydrogen-bond donors (Lipinski definition) is 0. The molecule has 0 N–H and O–H groups in total. The highest BCUT2D eigenvalue weighted by atomic mass is 16.5. The highest BCUT2D eigenvalue weighted by Crippen LogP contribution is 2.46. The first-order valence-corrected chi connectivity index (χ1v) is 12.7. The molecule has 2 fully saturated rings. The van der Waals surface area contributed by atoms with Crippen LogP contribution in [0.2, 0.25) is 0 Å². The molecule has 9 heteroatoms. The summed E-state index contributed by atoms with van der Waals surface area (Å²) < 4.78 is 22.0. The van der Waals surface area contributed by atoms with E-state index in [9.17, 15) is 9.59 Å². The van der Waals surface area contributed by atoms with E-state index in [-0.39, 0.29) is 18.2 Å². The number of piperazine rings is 1. The van der Waals surface area contributed by atoms with Crippen LogP contribution in [-0.2, 0) is 9.59 Å². The number of benzene rings is 2. The largest absolute Gasteiger partial charge is 0.497 e. The molecule has 0 saturated carbocycles. The minimum Gasteiger partial charge on any atom is -0.497 e. The van der Waals surface area contributed by atoms with Gasteiger partial charge in [-0.15, -0.1) is 0 Å². The van der Waals surface area contributed by atoms with Gasteiger partial charge in [0.1, 0.15) is 5.75 Å². The Kier molecular flexibility index (Phi) is 8.43. The molecule has 2 amide bonds. The molecule has 2 heterocycles. The van der Waals surface area contributed by atoms with Crippen molar-refractivity contribution < 1.29 is 28.5 Å². The summed E-state index contributed by atoms with van der Waals surface area (Å²) in [4.78, 5) is 33.5. The lowest BCUT2D eigenvalue weighted by Crippen LogP contribution is -2.54. The number of ether oxygens (including phenoxy) is 4. The van der Waals surface area contributed by atoms with Crippen LogP contribution in [0.25, 0.3) is 0 Å². The van der Waals surface area contributed by atoms with Gasteiger partial charge in [0.05, 0.1) is 46.1 Å². The van der Waals surface area contributed by atoms with Crippen molar-refractivity contribution >= 4 is 17.5 Å². The van der Waals surface area contributed by atoms with Crippen LogP contribution < -0.4 is 23.8 Å². The molecule has 200 valence electrons. The van der Waals surface area contributed by atoms with Gasteiger partial charge in [-0.1, -0.05) is 19.1 Å². The van der Waals surface area contributed by atoms with Crippen LogP contribution in [0.15, 0.2) is 36.4 Å². The molecule has 2 atom stereocenters. The van der Waals surface area contributed by atoms with E-state index in [0.29, 0.717) is 48.2 Å². The third-order valence-electron chi connectivity index (χ3n) is 7.43. The Bertz CT molecular complexity index is 1070. The maximum Gasteiger partial charge on any atom is 0.228 e. The number of carbonyl (C=O) groups is 2. The van der Waals surface area contributed by atoms with Gasteiger partial charge in [-0.2, -0.15) is 0 Å². The molecule has 37 heavy (non-hydrogen) atoms. The summed E-state index contributed by atoms with van der Waals surface area (Å²) in [6.07, 6.45) is 0.762. The zero-order valence-corrected chi connectivity index (χ0v) is 22.4. The molecule has 0 aromatic heterocycles. The molecular weight excluding hydrogens is 474 g/mol. The summed E-state index contributed by atoms with van der Waals surface area (Å²) in [7, 11) is 6.24. The lowest BCUT2D eigenvalue weighted by Gasteiger charge is -2.44. The van der Waals surface area contributed by atoms with E-state index in [1.54, 1.807) is 45.5 Å². The van der Waals surface area contributed by atoms with Crippen LogP contribution in [0.1, 0.15) is 31.4 Å². The SMILES string of the molecule is CCN1CCN(C(=O)[C@@H]2CCC(=O)N(c3cc(OC)c(OC)c(OC)c3)[C@@H]2c2ccc(OC)cc2)CC1. The number of hydrogen-bond acceptors (Lipinski definition) is 7. The molecule has 2 aromatic carbocycles. The van der Waals surface area contributed by atoms with Crippen molar-refractivity contribution in [2.24, 2.45) is 5.92 Å². The van der Waals surface area contributed by atoms with Gasteiger partial charge in [-0.05, 0) is 30.7 Å². The number of nitrogens with zero attached hydrogens (tertiary/aromatic N) is 3. The Labute approximate surface area is 218 Å². The van der Waals surface area contributed by atoms with Crippen molar-refractivity contribution in [2.75, 3.05) is 66.1 Å². The minimum absolute atomic E-state index is 0.0602. The van der Waals surface area contributed by atoms with Crippen molar-refractivity contribution in [1.82, 2.24) is 9.80 Å². The first kappa shape index (κ1) is 26.6. The second kappa shape index (κ2) is 11.7. The van der Waals surface area contributed by atoms with E-state index in [2.05, 4.69) is 11.8 Å². The van der Waals surface area contributed by atoms with Crippen molar-refractivity contribution in [1.29, 1.82) is 0 Å². The number of rotatable bonds is 8. The zero-order chi connectivity index (χ0) is 26.5. The summed E-state index contributed by atoms with van der Waals surface area (Å²) in [5.74, 6) is 1.68. The molecule has 2 aliphatic rings. The fraction of sp³-hybridized carbons (Fsp3) is 0.500. The van der Waals surface area contributed by atoms with Crippen molar-refractivity contribution in [2.45, 2.75) is 25.8 Å². The maximum atomic E-state index is 14.0. The average Bonchev–Trinajstić information content (AvgIpc) is 2.95. The second-order valence-electron chi connectivity index (χ2n) is 9.27. The van der Waals surface area contributed by atoms with Crippen LogP contribution in [-0.4, -0.2) is 82.8 Å². The number of methoxy groups -OCH3 is 4. The van der Waals surface area contributed by atoms with Gasteiger partial charge >= 0.3 is 0 Å². The van der Waals surface area contributed by atoms with Crippen LogP contribution in [0.5, 0.6) is 23.0 Å². The van der Waals surface area contributed by atoms with E-state index >= 15 is 0 Å². The zero-order valence-electron chi connectivity index (χ0n) is 22.4. The van der Waals surface area contributed by atoms with E-state index in [4.69, 9.17) is 18.9 Å². The molecule has 4 rings (SSSR count). The van der Waals surface area contributed by atoms with Crippen LogP contribution in [0.3, 0.4) is 0 Å². The predicted octanol–water partition coefficient (Wildman–Crippen LogP) is 3.37. The van der Waals surface area contributed by atoms with E-state index in [1.165, 1.54) is 0 Å². The van der Waals surface area contributed by atoms with Gasteiger partial charge in [0.2, 0.25) is 17.6 Å². The maximum absolute atomic E-state index is 14.0. The van der Waals surface area contributed by atoms with Crippen molar-refractivity contribution in [3.8, 4) is 23.0 Å². The van der Waals surface area contributed by atoms with Gasteiger partial charge in [0.15, 0.2) is 11.5 Å². The van der Waals surface area contributed by atoms with Crippen molar-refractivity contribution in [3.63, 3.8) is 0 Å². The van der Waals surface area contributed by atoms with Gasteiger partial charge in [-0.25, -0.2) is 0 Å². The van der Waals surface area contributed by atoms with E-state index in [1.807, 2.05) is 29.2 Å².